The van der Waals surface area contributed by atoms with Gasteiger partial charge in [0.25, 0.3) is 5.91 Å². The molecule has 1 aliphatic rings. The molecule has 1 aromatic carbocycles. The van der Waals surface area contributed by atoms with Crippen molar-refractivity contribution in [3.63, 3.8) is 0 Å². The summed E-state index contributed by atoms with van der Waals surface area (Å²) < 4.78 is 4.91. The molecule has 20 heavy (non-hydrogen) atoms. The third kappa shape index (κ3) is 3.78. The van der Waals surface area contributed by atoms with E-state index in [0.717, 1.165) is 6.42 Å². The predicted molar refractivity (Wildman–Crippen MR) is 78.3 cm³/mol. The van der Waals surface area contributed by atoms with E-state index in [1.807, 2.05) is 6.92 Å². The second kappa shape index (κ2) is 6.20. The Bertz CT molecular complexity index is 539. The number of nitrogens with one attached hydrogen (secondary N) is 1. The lowest BCUT2D eigenvalue weighted by Crippen LogP contribution is -2.22. The minimum absolute atomic E-state index is 0.0782. The van der Waals surface area contributed by atoms with Crippen molar-refractivity contribution in [2.45, 2.75) is 13.3 Å². The minimum Gasteiger partial charge on any atom is -0.455 e. The Hall–Kier alpha value is -0.970. The highest BCUT2D eigenvalue weighted by Gasteiger charge is 2.40. The molecule has 0 aromatic heterocycles. The van der Waals surface area contributed by atoms with Gasteiger partial charge in [-0.15, -0.1) is 0 Å². The van der Waals surface area contributed by atoms with Crippen LogP contribution in [0.5, 0.6) is 0 Å². The Morgan fingerprint density at radius 2 is 1.85 bits per heavy atom. The molecule has 1 aromatic rings. The first kappa shape index (κ1) is 15.4. The molecule has 0 heterocycles. The summed E-state index contributed by atoms with van der Waals surface area (Å²) in [4.78, 5) is 23.2. The second-order valence-electron chi connectivity index (χ2n) is 4.72. The van der Waals surface area contributed by atoms with E-state index in [2.05, 4.69) is 5.32 Å². The van der Waals surface area contributed by atoms with Gasteiger partial charge in [0, 0.05) is 5.02 Å². The van der Waals surface area contributed by atoms with Crippen molar-refractivity contribution in [3.05, 3.63) is 27.2 Å². The number of halogens is 3. The number of carbonyl (C=O) groups is 2. The van der Waals surface area contributed by atoms with Crippen LogP contribution in [0, 0.1) is 11.8 Å². The van der Waals surface area contributed by atoms with Gasteiger partial charge in [-0.25, -0.2) is 0 Å². The highest BCUT2D eigenvalue weighted by Crippen LogP contribution is 2.38. The monoisotopic (exact) mass is 335 g/mol. The fourth-order valence-corrected chi connectivity index (χ4v) is 2.64. The van der Waals surface area contributed by atoms with Crippen LogP contribution in [0.15, 0.2) is 12.1 Å². The minimum atomic E-state index is -0.502. The number of rotatable bonds is 4. The van der Waals surface area contributed by atoms with Gasteiger partial charge in [-0.3, -0.25) is 9.59 Å². The number of ether oxygens (including phenoxy) is 1. The van der Waals surface area contributed by atoms with Crippen molar-refractivity contribution in [1.82, 2.24) is 0 Å². The number of anilines is 1. The van der Waals surface area contributed by atoms with E-state index in [9.17, 15) is 9.59 Å². The molecular formula is C13H12Cl3NO3. The number of hydrogen-bond donors (Lipinski definition) is 1. The Balaban J connectivity index is 1.90. The maximum atomic E-state index is 11.7. The van der Waals surface area contributed by atoms with E-state index in [4.69, 9.17) is 39.5 Å². The standard InChI is InChI=1S/C13H12Cl3NO3/c1-6-2-8(6)13(19)20-5-11(18)17-12-9(15)3-7(14)4-10(12)16/h3-4,6,8H,2,5H2,1H3,(H,17,18)/t6-,8+/m1/s1. The SMILES string of the molecule is C[C@@H]1C[C@@H]1C(=O)OCC(=O)Nc1c(Cl)cc(Cl)cc1Cl. The van der Waals surface area contributed by atoms with E-state index >= 15 is 0 Å². The molecule has 0 radical (unpaired) electrons. The molecule has 1 aliphatic carbocycles. The smallest absolute Gasteiger partial charge is 0.309 e. The first-order valence-corrected chi connectivity index (χ1v) is 7.13. The Labute approximate surface area is 131 Å². The lowest BCUT2D eigenvalue weighted by Gasteiger charge is -2.10. The highest BCUT2D eigenvalue weighted by molar-refractivity contribution is 6.42. The quantitative estimate of drug-likeness (QED) is 0.851. The number of esters is 1. The third-order valence-corrected chi connectivity index (χ3v) is 3.84. The topological polar surface area (TPSA) is 55.4 Å². The molecule has 0 saturated heterocycles. The highest BCUT2D eigenvalue weighted by atomic mass is 35.5. The summed E-state index contributed by atoms with van der Waals surface area (Å²) in [5.74, 6) is -0.588. The zero-order valence-electron chi connectivity index (χ0n) is 10.6. The van der Waals surface area contributed by atoms with Crippen molar-refractivity contribution in [1.29, 1.82) is 0 Å². The van der Waals surface area contributed by atoms with E-state index in [1.165, 1.54) is 12.1 Å². The summed E-state index contributed by atoms with van der Waals surface area (Å²) in [7, 11) is 0. The van der Waals surface area contributed by atoms with Crippen LogP contribution in [0.2, 0.25) is 15.1 Å². The number of hydrogen-bond acceptors (Lipinski definition) is 3. The lowest BCUT2D eigenvalue weighted by atomic mass is 10.3. The number of benzene rings is 1. The molecule has 4 nitrogen and oxygen atoms in total. The van der Waals surface area contributed by atoms with E-state index in [1.54, 1.807) is 0 Å². The van der Waals surface area contributed by atoms with Gasteiger partial charge in [-0.2, -0.15) is 0 Å². The molecule has 1 amide bonds. The Morgan fingerprint density at radius 3 is 2.35 bits per heavy atom. The van der Waals surface area contributed by atoms with Gasteiger partial charge in [0.15, 0.2) is 6.61 Å². The van der Waals surface area contributed by atoms with Crippen molar-refractivity contribution < 1.29 is 14.3 Å². The van der Waals surface area contributed by atoms with Crippen LogP contribution < -0.4 is 5.32 Å². The fourth-order valence-electron chi connectivity index (χ4n) is 1.73. The zero-order chi connectivity index (χ0) is 14.9. The van der Waals surface area contributed by atoms with Gasteiger partial charge in [-0.1, -0.05) is 41.7 Å². The van der Waals surface area contributed by atoms with Gasteiger partial charge in [-0.05, 0) is 24.5 Å². The van der Waals surface area contributed by atoms with Crippen LogP contribution in [0.25, 0.3) is 0 Å². The van der Waals surface area contributed by atoms with Crippen LogP contribution in [-0.2, 0) is 14.3 Å². The summed E-state index contributed by atoms with van der Waals surface area (Å²) in [6, 6.07) is 2.92. The molecular weight excluding hydrogens is 325 g/mol. The molecule has 7 heteroatoms. The van der Waals surface area contributed by atoms with Gasteiger partial charge in [0.05, 0.1) is 21.7 Å². The maximum absolute atomic E-state index is 11.7. The number of carbonyl (C=O) groups excluding carboxylic acids is 2. The molecule has 2 rings (SSSR count). The van der Waals surface area contributed by atoms with Crippen molar-refractivity contribution in [2.75, 3.05) is 11.9 Å². The Morgan fingerprint density at radius 1 is 1.30 bits per heavy atom. The summed E-state index contributed by atoms with van der Waals surface area (Å²) in [6.07, 6.45) is 0.815. The summed E-state index contributed by atoms with van der Waals surface area (Å²) in [5.41, 5.74) is 0.249. The summed E-state index contributed by atoms with van der Waals surface area (Å²) in [6.45, 7) is 1.59. The van der Waals surface area contributed by atoms with Crippen LogP contribution in [-0.4, -0.2) is 18.5 Å². The fraction of sp³-hybridized carbons (Fsp3) is 0.385. The second-order valence-corrected chi connectivity index (χ2v) is 5.97. The molecule has 108 valence electrons. The van der Waals surface area contributed by atoms with Crippen LogP contribution in [0.1, 0.15) is 13.3 Å². The predicted octanol–water partition coefficient (Wildman–Crippen LogP) is 3.78. The summed E-state index contributed by atoms with van der Waals surface area (Å²) in [5, 5.41) is 3.30. The Kier molecular flexibility index (Phi) is 4.78. The average Bonchev–Trinajstić information content (AvgIpc) is 3.08. The lowest BCUT2D eigenvalue weighted by molar-refractivity contribution is -0.148. The van der Waals surface area contributed by atoms with Crippen molar-refractivity contribution in [3.8, 4) is 0 Å². The van der Waals surface area contributed by atoms with Crippen molar-refractivity contribution >= 4 is 52.4 Å². The molecule has 1 N–H and O–H groups in total. The normalized spacial score (nSPS) is 20.4. The van der Waals surface area contributed by atoms with E-state index in [-0.39, 0.29) is 34.2 Å². The largest absolute Gasteiger partial charge is 0.455 e. The van der Waals surface area contributed by atoms with Crippen LogP contribution in [0.4, 0.5) is 5.69 Å². The van der Waals surface area contributed by atoms with Crippen LogP contribution in [0.3, 0.4) is 0 Å². The van der Waals surface area contributed by atoms with Crippen molar-refractivity contribution in [2.24, 2.45) is 11.8 Å². The van der Waals surface area contributed by atoms with Gasteiger partial charge >= 0.3 is 5.97 Å². The molecule has 1 saturated carbocycles. The molecule has 1 fully saturated rings. The number of amides is 1. The van der Waals surface area contributed by atoms with Crippen LogP contribution >= 0.6 is 34.8 Å². The third-order valence-electron chi connectivity index (χ3n) is 3.03. The van der Waals surface area contributed by atoms with E-state index in [0.29, 0.717) is 10.9 Å². The summed E-state index contributed by atoms with van der Waals surface area (Å²) >= 11 is 17.6. The molecule has 2 atom stereocenters. The van der Waals surface area contributed by atoms with Gasteiger partial charge in [0.2, 0.25) is 0 Å². The first-order valence-electron chi connectivity index (χ1n) is 5.99. The molecule has 0 unspecified atom stereocenters. The zero-order valence-corrected chi connectivity index (χ0v) is 12.9. The average molecular weight is 337 g/mol. The van der Waals surface area contributed by atoms with Gasteiger partial charge < -0.3 is 10.1 Å². The van der Waals surface area contributed by atoms with E-state index < -0.39 is 5.91 Å². The molecule has 0 bridgehead atoms. The maximum Gasteiger partial charge on any atom is 0.309 e. The first-order chi connectivity index (χ1) is 9.38. The molecule has 0 spiro atoms. The molecule has 0 aliphatic heterocycles. The van der Waals surface area contributed by atoms with Gasteiger partial charge in [0.1, 0.15) is 0 Å².